The van der Waals surface area contributed by atoms with Crippen LogP contribution < -0.4 is 5.32 Å². The highest BCUT2D eigenvalue weighted by atomic mass is 16.5. The second-order valence-corrected chi connectivity index (χ2v) is 5.11. The molecule has 18 heavy (non-hydrogen) atoms. The average Bonchev–Trinajstić information content (AvgIpc) is 2.89. The summed E-state index contributed by atoms with van der Waals surface area (Å²) in [6.45, 7) is 3.56. The van der Waals surface area contributed by atoms with Gasteiger partial charge >= 0.3 is 0 Å². The summed E-state index contributed by atoms with van der Waals surface area (Å²) in [4.78, 5) is 6.73. The standard InChI is InChI=1S/C12H20N4O2/c1-16-6-7-17-10(8-16)11-14-12(18-15-11)9-4-2-3-5-13-9/h9-10,13H,2-8H2,1H3/t9-,10?/m0/s1. The van der Waals surface area contributed by atoms with Gasteiger partial charge in [0.15, 0.2) is 0 Å². The van der Waals surface area contributed by atoms with Crippen molar-refractivity contribution in [3.05, 3.63) is 11.7 Å². The second-order valence-electron chi connectivity index (χ2n) is 5.11. The van der Waals surface area contributed by atoms with Gasteiger partial charge in [0.25, 0.3) is 0 Å². The Morgan fingerprint density at radius 2 is 2.33 bits per heavy atom. The zero-order chi connectivity index (χ0) is 12.4. The van der Waals surface area contributed by atoms with E-state index >= 15 is 0 Å². The SMILES string of the molecule is CN1CCOC(c2noc([C@@H]3CCCCN3)n2)C1. The Morgan fingerprint density at radius 1 is 1.39 bits per heavy atom. The predicted molar refractivity (Wildman–Crippen MR) is 65.1 cm³/mol. The van der Waals surface area contributed by atoms with Crippen LogP contribution in [0.15, 0.2) is 4.52 Å². The third kappa shape index (κ3) is 2.55. The number of aromatic nitrogens is 2. The first-order valence-electron chi connectivity index (χ1n) is 6.70. The van der Waals surface area contributed by atoms with Crippen molar-refractivity contribution in [1.82, 2.24) is 20.4 Å². The number of nitrogens with zero attached hydrogens (tertiary/aromatic N) is 3. The molecule has 1 aromatic heterocycles. The highest BCUT2D eigenvalue weighted by molar-refractivity contribution is 4.98. The fraction of sp³-hybridized carbons (Fsp3) is 0.833. The number of hydrogen-bond acceptors (Lipinski definition) is 6. The monoisotopic (exact) mass is 252 g/mol. The molecule has 6 heteroatoms. The molecule has 6 nitrogen and oxygen atoms in total. The lowest BCUT2D eigenvalue weighted by Gasteiger charge is -2.27. The molecule has 100 valence electrons. The topological polar surface area (TPSA) is 63.4 Å². The molecule has 3 rings (SSSR count). The fourth-order valence-corrected chi connectivity index (χ4v) is 2.52. The van der Waals surface area contributed by atoms with Crippen molar-refractivity contribution in [3.63, 3.8) is 0 Å². The summed E-state index contributed by atoms with van der Waals surface area (Å²) in [6, 6.07) is 0.223. The first-order chi connectivity index (χ1) is 8.83. The van der Waals surface area contributed by atoms with E-state index in [1.165, 1.54) is 12.8 Å². The Morgan fingerprint density at radius 3 is 3.11 bits per heavy atom. The van der Waals surface area contributed by atoms with Gasteiger partial charge in [0.2, 0.25) is 11.7 Å². The number of morpholine rings is 1. The second kappa shape index (κ2) is 5.34. The Bertz CT molecular complexity index is 389. The van der Waals surface area contributed by atoms with E-state index < -0.39 is 0 Å². The van der Waals surface area contributed by atoms with Crippen LogP contribution in [0.25, 0.3) is 0 Å². The lowest BCUT2D eigenvalue weighted by molar-refractivity contribution is -0.0264. The summed E-state index contributed by atoms with van der Waals surface area (Å²) in [6.07, 6.45) is 3.48. The molecule has 0 saturated carbocycles. The van der Waals surface area contributed by atoms with Crippen LogP contribution >= 0.6 is 0 Å². The van der Waals surface area contributed by atoms with E-state index in [1.54, 1.807) is 0 Å². The van der Waals surface area contributed by atoms with E-state index in [0.717, 1.165) is 32.7 Å². The molecule has 1 aromatic rings. The molecule has 3 heterocycles. The molecule has 1 N–H and O–H groups in total. The smallest absolute Gasteiger partial charge is 0.243 e. The molecular formula is C12H20N4O2. The maximum Gasteiger partial charge on any atom is 0.243 e. The maximum atomic E-state index is 5.69. The van der Waals surface area contributed by atoms with Crippen LogP contribution in [0.2, 0.25) is 0 Å². The number of hydrogen-bond donors (Lipinski definition) is 1. The van der Waals surface area contributed by atoms with Gasteiger partial charge in [0.05, 0.1) is 12.6 Å². The minimum Gasteiger partial charge on any atom is -0.367 e. The van der Waals surface area contributed by atoms with Gasteiger partial charge in [-0.15, -0.1) is 0 Å². The molecule has 2 fully saturated rings. The molecule has 2 aliphatic rings. The van der Waals surface area contributed by atoms with Gasteiger partial charge in [-0.2, -0.15) is 4.98 Å². The van der Waals surface area contributed by atoms with Crippen molar-refractivity contribution < 1.29 is 9.26 Å². The first kappa shape index (κ1) is 12.1. The van der Waals surface area contributed by atoms with Crippen molar-refractivity contribution >= 4 is 0 Å². The lowest BCUT2D eigenvalue weighted by atomic mass is 10.1. The van der Waals surface area contributed by atoms with E-state index in [4.69, 9.17) is 9.26 Å². The largest absolute Gasteiger partial charge is 0.367 e. The Kier molecular flexibility index (Phi) is 3.58. The van der Waals surface area contributed by atoms with Gasteiger partial charge in [-0.1, -0.05) is 11.6 Å². The zero-order valence-corrected chi connectivity index (χ0v) is 10.8. The van der Waals surface area contributed by atoms with Gasteiger partial charge in [-0.25, -0.2) is 0 Å². The molecule has 0 amide bonds. The zero-order valence-electron chi connectivity index (χ0n) is 10.8. The van der Waals surface area contributed by atoms with Crippen molar-refractivity contribution in [2.75, 3.05) is 33.3 Å². The highest BCUT2D eigenvalue weighted by Crippen LogP contribution is 2.24. The van der Waals surface area contributed by atoms with Crippen LogP contribution in [-0.2, 0) is 4.74 Å². The highest BCUT2D eigenvalue weighted by Gasteiger charge is 2.27. The number of piperidine rings is 1. The normalized spacial score (nSPS) is 30.5. The summed E-state index contributed by atoms with van der Waals surface area (Å²) in [5.74, 6) is 1.39. The third-order valence-corrected chi connectivity index (χ3v) is 3.62. The molecule has 0 bridgehead atoms. The van der Waals surface area contributed by atoms with E-state index in [1.807, 2.05) is 0 Å². The summed E-state index contributed by atoms with van der Waals surface area (Å²) < 4.78 is 11.1. The number of rotatable bonds is 2. The van der Waals surface area contributed by atoms with Crippen LogP contribution in [0.4, 0.5) is 0 Å². The van der Waals surface area contributed by atoms with Crippen LogP contribution in [0.3, 0.4) is 0 Å². The van der Waals surface area contributed by atoms with Crippen molar-refractivity contribution in [2.24, 2.45) is 0 Å². The van der Waals surface area contributed by atoms with Gasteiger partial charge in [-0.05, 0) is 26.4 Å². The first-order valence-corrected chi connectivity index (χ1v) is 6.70. The number of ether oxygens (including phenoxy) is 1. The summed E-state index contributed by atoms with van der Waals surface area (Å²) in [5.41, 5.74) is 0. The molecule has 0 radical (unpaired) electrons. The van der Waals surface area contributed by atoms with Gasteiger partial charge < -0.3 is 19.5 Å². The van der Waals surface area contributed by atoms with Crippen LogP contribution in [0.5, 0.6) is 0 Å². The molecule has 1 unspecified atom stereocenters. The Balaban J connectivity index is 1.68. The molecule has 0 aliphatic carbocycles. The van der Waals surface area contributed by atoms with E-state index in [9.17, 15) is 0 Å². The number of nitrogens with one attached hydrogen (secondary N) is 1. The predicted octanol–water partition coefficient (Wildman–Crippen LogP) is 0.887. The minimum atomic E-state index is -0.0511. The third-order valence-electron chi connectivity index (χ3n) is 3.62. The van der Waals surface area contributed by atoms with Gasteiger partial charge in [0.1, 0.15) is 6.10 Å². The average molecular weight is 252 g/mol. The Hall–Kier alpha value is -0.980. The van der Waals surface area contributed by atoms with Crippen molar-refractivity contribution in [2.45, 2.75) is 31.4 Å². The maximum absolute atomic E-state index is 5.69. The van der Waals surface area contributed by atoms with E-state index in [-0.39, 0.29) is 12.1 Å². The van der Waals surface area contributed by atoms with E-state index in [2.05, 4.69) is 27.4 Å². The molecule has 0 spiro atoms. The lowest BCUT2D eigenvalue weighted by Crippen LogP contribution is -2.35. The summed E-state index contributed by atoms with van der Waals surface area (Å²) >= 11 is 0. The molecular weight excluding hydrogens is 232 g/mol. The van der Waals surface area contributed by atoms with Gasteiger partial charge in [-0.3, -0.25) is 0 Å². The van der Waals surface area contributed by atoms with Crippen LogP contribution in [0, 0.1) is 0 Å². The minimum absolute atomic E-state index is 0.0511. The molecule has 0 aromatic carbocycles. The summed E-state index contributed by atoms with van der Waals surface area (Å²) in [5, 5.41) is 7.48. The van der Waals surface area contributed by atoms with Crippen LogP contribution in [-0.4, -0.2) is 48.3 Å². The van der Waals surface area contributed by atoms with Gasteiger partial charge in [0, 0.05) is 13.1 Å². The molecule has 2 saturated heterocycles. The molecule has 2 atom stereocenters. The van der Waals surface area contributed by atoms with Crippen LogP contribution in [0.1, 0.15) is 43.1 Å². The van der Waals surface area contributed by atoms with Crippen molar-refractivity contribution in [3.8, 4) is 0 Å². The number of likely N-dealkylation sites (N-methyl/N-ethyl adjacent to an activating group) is 1. The Labute approximate surface area is 107 Å². The van der Waals surface area contributed by atoms with Crippen molar-refractivity contribution in [1.29, 1.82) is 0 Å². The molecule has 2 aliphatic heterocycles. The van der Waals surface area contributed by atoms with E-state index in [0.29, 0.717) is 11.7 Å². The quantitative estimate of drug-likeness (QED) is 0.843. The fourth-order valence-electron chi connectivity index (χ4n) is 2.52. The summed E-state index contributed by atoms with van der Waals surface area (Å²) in [7, 11) is 2.08.